The molecule has 1 saturated carbocycles. The fraction of sp³-hybridized carbons (Fsp3) is 0.400. The number of piperidine rings is 2. The molecule has 3 fully saturated rings. The summed E-state index contributed by atoms with van der Waals surface area (Å²) in [6.07, 6.45) is 3.37. The summed E-state index contributed by atoms with van der Waals surface area (Å²) >= 11 is 0. The molecular weight excluding hydrogens is 496 g/mol. The second kappa shape index (κ2) is 9.45. The van der Waals surface area contributed by atoms with Crippen LogP contribution >= 0.6 is 0 Å². The van der Waals surface area contributed by atoms with Gasteiger partial charge in [0.25, 0.3) is 11.8 Å². The van der Waals surface area contributed by atoms with Crippen LogP contribution in [0, 0.1) is 23.2 Å². The Kier molecular flexibility index (Phi) is 6.06. The number of imide groups is 1. The van der Waals surface area contributed by atoms with Crippen molar-refractivity contribution in [3.05, 3.63) is 58.7 Å². The predicted octanol–water partition coefficient (Wildman–Crippen LogP) is 2.33. The molecule has 4 aliphatic rings. The number of nitrogens with one attached hydrogen (secondary N) is 1. The van der Waals surface area contributed by atoms with Crippen molar-refractivity contribution in [2.24, 2.45) is 11.3 Å². The third-order valence-electron chi connectivity index (χ3n) is 8.68. The highest BCUT2D eigenvalue weighted by Gasteiger charge is 2.54. The molecule has 200 valence electrons. The van der Waals surface area contributed by atoms with Gasteiger partial charge in [-0.2, -0.15) is 0 Å². The first kappa shape index (κ1) is 25.0. The molecule has 3 N–H and O–H groups in total. The van der Waals surface area contributed by atoms with Crippen LogP contribution in [0.2, 0.25) is 0 Å². The number of carbonyl (C=O) groups is 4. The van der Waals surface area contributed by atoms with E-state index in [1.807, 2.05) is 17.0 Å². The number of ether oxygens (including phenoxy) is 1. The van der Waals surface area contributed by atoms with E-state index >= 15 is 0 Å². The van der Waals surface area contributed by atoms with E-state index in [-0.39, 0.29) is 35.5 Å². The predicted molar refractivity (Wildman–Crippen MR) is 142 cm³/mol. The van der Waals surface area contributed by atoms with Crippen LogP contribution in [-0.4, -0.2) is 59.7 Å². The summed E-state index contributed by atoms with van der Waals surface area (Å²) in [5.74, 6) is 6.61. The molecule has 0 aromatic heterocycles. The first-order valence-electron chi connectivity index (χ1n) is 13.3. The maximum absolute atomic E-state index is 13.1. The van der Waals surface area contributed by atoms with Crippen molar-refractivity contribution in [3.8, 4) is 17.6 Å². The van der Waals surface area contributed by atoms with Crippen LogP contribution in [0.4, 0.5) is 5.69 Å². The average Bonchev–Trinajstić information content (AvgIpc) is 3.50. The minimum Gasteiger partial charge on any atom is -0.495 e. The Bertz CT molecular complexity index is 1460. The second-order valence-corrected chi connectivity index (χ2v) is 10.9. The number of amides is 4. The minimum atomic E-state index is -0.641. The zero-order chi connectivity index (χ0) is 27.3. The zero-order valence-corrected chi connectivity index (χ0v) is 21.8. The molecule has 6 rings (SSSR count). The number of fused-ring (bicyclic) bond motifs is 1. The lowest BCUT2D eigenvalue weighted by molar-refractivity contribution is -0.136. The highest BCUT2D eigenvalue weighted by Crippen LogP contribution is 2.59. The van der Waals surface area contributed by atoms with E-state index in [9.17, 15) is 19.2 Å². The molecule has 1 aliphatic carbocycles. The first-order valence-corrected chi connectivity index (χ1v) is 13.3. The van der Waals surface area contributed by atoms with E-state index < -0.39 is 11.9 Å². The van der Waals surface area contributed by atoms with E-state index in [1.54, 1.807) is 29.2 Å². The van der Waals surface area contributed by atoms with Gasteiger partial charge in [0.1, 0.15) is 11.8 Å². The van der Waals surface area contributed by atoms with Crippen molar-refractivity contribution in [2.75, 3.05) is 25.9 Å². The number of hydrogen-bond donors (Lipinski definition) is 2. The maximum atomic E-state index is 13.1. The van der Waals surface area contributed by atoms with Crippen molar-refractivity contribution in [2.45, 2.75) is 44.7 Å². The van der Waals surface area contributed by atoms with Gasteiger partial charge < -0.3 is 20.3 Å². The van der Waals surface area contributed by atoms with Gasteiger partial charge in [0.05, 0.1) is 12.8 Å². The van der Waals surface area contributed by atoms with Crippen LogP contribution in [0.5, 0.6) is 5.75 Å². The molecule has 1 unspecified atom stereocenters. The van der Waals surface area contributed by atoms with Crippen LogP contribution in [-0.2, 0) is 16.1 Å². The molecule has 9 nitrogen and oxygen atoms in total. The van der Waals surface area contributed by atoms with Gasteiger partial charge in [-0.25, -0.2) is 0 Å². The normalized spacial score (nSPS) is 23.2. The number of anilines is 1. The van der Waals surface area contributed by atoms with Crippen molar-refractivity contribution in [3.63, 3.8) is 0 Å². The molecule has 0 radical (unpaired) electrons. The average molecular weight is 527 g/mol. The first-order chi connectivity index (χ1) is 18.8. The second-order valence-electron chi connectivity index (χ2n) is 10.9. The number of rotatable bonds is 3. The number of carbonyl (C=O) groups excluding carboxylic acids is 4. The Balaban J connectivity index is 1.11. The van der Waals surface area contributed by atoms with E-state index in [4.69, 9.17) is 10.5 Å². The van der Waals surface area contributed by atoms with Crippen molar-refractivity contribution in [1.82, 2.24) is 15.1 Å². The smallest absolute Gasteiger partial charge is 0.255 e. The molecule has 1 spiro atoms. The standard InChI is InChI=1S/C30H30N4O5/c1-39-25-15-19(6-8-23(25)31)28(37)33-13-11-30(12-14-33)16-20(30)7-5-18-3-2-4-21-22(18)17-34(29(21)38)24-9-10-26(35)32-27(24)36/h2-4,6,8,15,20,24H,9-14,16-17,31H2,1H3,(H,32,35,36)/t20-,24?/m0/s1. The Morgan fingerprint density at radius 1 is 1.15 bits per heavy atom. The van der Waals surface area contributed by atoms with Gasteiger partial charge >= 0.3 is 0 Å². The van der Waals surface area contributed by atoms with Gasteiger partial charge in [-0.15, -0.1) is 0 Å². The van der Waals surface area contributed by atoms with Gasteiger partial charge in [-0.05, 0) is 67.0 Å². The van der Waals surface area contributed by atoms with Crippen LogP contribution in [0.25, 0.3) is 0 Å². The van der Waals surface area contributed by atoms with E-state index in [0.717, 1.165) is 30.4 Å². The van der Waals surface area contributed by atoms with E-state index in [0.29, 0.717) is 48.6 Å². The molecule has 3 heterocycles. The largest absolute Gasteiger partial charge is 0.495 e. The molecule has 2 aromatic rings. The Morgan fingerprint density at radius 3 is 2.69 bits per heavy atom. The molecule has 0 bridgehead atoms. The van der Waals surface area contributed by atoms with Gasteiger partial charge in [-0.1, -0.05) is 17.9 Å². The molecular formula is C30H30N4O5. The third kappa shape index (κ3) is 4.40. The summed E-state index contributed by atoms with van der Waals surface area (Å²) in [6.45, 7) is 1.67. The Morgan fingerprint density at radius 2 is 1.95 bits per heavy atom. The molecule has 9 heteroatoms. The third-order valence-corrected chi connectivity index (χ3v) is 8.68. The SMILES string of the molecule is COc1cc(C(=O)N2CCC3(CC2)C[C@@H]3C#Cc2cccc3c2CN(C2CCC(=O)NC2=O)C3=O)ccc1N. The van der Waals surface area contributed by atoms with Gasteiger partial charge in [0.15, 0.2) is 0 Å². The molecule has 2 aromatic carbocycles. The highest BCUT2D eigenvalue weighted by atomic mass is 16.5. The monoisotopic (exact) mass is 526 g/mol. The number of benzene rings is 2. The molecule has 2 saturated heterocycles. The fourth-order valence-corrected chi connectivity index (χ4v) is 6.15. The molecule has 2 atom stereocenters. The number of likely N-dealkylation sites (tertiary alicyclic amines) is 1. The fourth-order valence-electron chi connectivity index (χ4n) is 6.15. The quantitative estimate of drug-likeness (QED) is 0.360. The van der Waals surface area contributed by atoms with Crippen molar-refractivity contribution >= 4 is 29.3 Å². The Hall–Kier alpha value is -4.32. The number of nitrogen functional groups attached to an aromatic ring is 1. The maximum Gasteiger partial charge on any atom is 0.255 e. The summed E-state index contributed by atoms with van der Waals surface area (Å²) in [5.41, 5.74) is 9.32. The molecule has 39 heavy (non-hydrogen) atoms. The lowest BCUT2D eigenvalue weighted by atomic mass is 9.90. The van der Waals surface area contributed by atoms with Crippen LogP contribution in [0.3, 0.4) is 0 Å². The molecule has 4 amide bonds. The van der Waals surface area contributed by atoms with E-state index in [2.05, 4.69) is 17.2 Å². The van der Waals surface area contributed by atoms with Crippen molar-refractivity contribution < 1.29 is 23.9 Å². The summed E-state index contributed by atoms with van der Waals surface area (Å²) in [7, 11) is 1.54. The lowest BCUT2D eigenvalue weighted by Crippen LogP contribution is -2.52. The Labute approximate surface area is 226 Å². The van der Waals surface area contributed by atoms with Crippen LogP contribution in [0.1, 0.15) is 63.9 Å². The summed E-state index contributed by atoms with van der Waals surface area (Å²) < 4.78 is 5.26. The van der Waals surface area contributed by atoms with E-state index in [1.165, 1.54) is 7.11 Å². The highest BCUT2D eigenvalue weighted by molar-refractivity contribution is 6.05. The zero-order valence-electron chi connectivity index (χ0n) is 21.8. The number of methoxy groups -OCH3 is 1. The number of hydrogen-bond acceptors (Lipinski definition) is 6. The van der Waals surface area contributed by atoms with Gasteiger partial charge in [-0.3, -0.25) is 24.5 Å². The van der Waals surface area contributed by atoms with Crippen LogP contribution in [0.15, 0.2) is 36.4 Å². The number of nitrogens with two attached hydrogens (primary N) is 1. The summed E-state index contributed by atoms with van der Waals surface area (Å²) in [4.78, 5) is 53.5. The topological polar surface area (TPSA) is 122 Å². The van der Waals surface area contributed by atoms with Gasteiger partial charge in [0, 0.05) is 48.7 Å². The molecule has 3 aliphatic heterocycles. The van der Waals surface area contributed by atoms with Crippen LogP contribution < -0.4 is 15.8 Å². The number of nitrogens with zero attached hydrogens (tertiary/aromatic N) is 2. The minimum absolute atomic E-state index is 0.0171. The van der Waals surface area contributed by atoms with Crippen molar-refractivity contribution in [1.29, 1.82) is 0 Å². The lowest BCUT2D eigenvalue weighted by Gasteiger charge is -2.32. The summed E-state index contributed by atoms with van der Waals surface area (Å²) in [5, 5.41) is 2.34. The summed E-state index contributed by atoms with van der Waals surface area (Å²) in [6, 6.07) is 10.0. The van der Waals surface area contributed by atoms with Gasteiger partial charge in [0.2, 0.25) is 11.8 Å².